The molecule has 0 fully saturated rings. The van der Waals surface area contributed by atoms with Crippen LogP contribution in [0.15, 0.2) is 12.7 Å². The van der Waals surface area contributed by atoms with Gasteiger partial charge in [-0.05, 0) is 25.0 Å². The lowest BCUT2D eigenvalue weighted by Crippen LogP contribution is -1.96. The first-order valence-corrected chi connectivity index (χ1v) is 20.2. The van der Waals surface area contributed by atoms with Gasteiger partial charge in [-0.25, -0.2) is 0 Å². The summed E-state index contributed by atoms with van der Waals surface area (Å²) in [7, 11) is 0. The Morgan fingerprint density at radius 3 is 1.05 bits per heavy atom. The topological polar surface area (TPSA) is 37.3 Å². The van der Waals surface area contributed by atoms with Gasteiger partial charge in [-0.15, -0.1) is 6.58 Å². The van der Waals surface area contributed by atoms with Crippen LogP contribution in [0.1, 0.15) is 219 Å². The van der Waals surface area contributed by atoms with Gasteiger partial charge in [-0.1, -0.05) is 200 Å². The van der Waals surface area contributed by atoms with E-state index in [0.717, 1.165) is 11.5 Å². The summed E-state index contributed by atoms with van der Waals surface area (Å²) in [4.78, 5) is 10.4. The molecule has 0 aromatic carbocycles. The number of carbonyl (C=O) groups is 1. The number of carboxylic acids is 1. The van der Waals surface area contributed by atoms with Crippen molar-refractivity contribution in [1.29, 1.82) is 0 Å². The molecule has 0 radical (unpaired) electrons. The van der Waals surface area contributed by atoms with Gasteiger partial charge in [-0.3, -0.25) is 4.79 Å². The highest BCUT2D eigenvalue weighted by molar-refractivity contribution is 7.99. The van der Waals surface area contributed by atoms with Gasteiger partial charge in [0.1, 0.15) is 0 Å². The van der Waals surface area contributed by atoms with Crippen molar-refractivity contribution in [1.82, 2.24) is 0 Å². The molecule has 0 bridgehead atoms. The Kier molecular flexibility index (Phi) is 44.4. The van der Waals surface area contributed by atoms with Gasteiger partial charge >= 0.3 is 5.97 Å². The largest absolute Gasteiger partial charge is 0.481 e. The minimum atomic E-state index is -0.672. The molecule has 3 heteroatoms. The second kappa shape index (κ2) is 42.7. The standard InChI is InChI=1S/C21H42O2S.C18H36/c1-2-3-4-5-6-7-8-9-10-11-12-13-14-15-16-17-19-24-20-18-21(22)23;1-3-5-7-9-11-13-15-17-18-16-14-12-10-8-6-4-2/h2-20H2,1H3,(H,22,23);3H,1,4-18H2,2H3. The fraction of sp³-hybridized carbons (Fsp3) is 0.923. The third-order valence-electron chi connectivity index (χ3n) is 8.36. The van der Waals surface area contributed by atoms with Crippen molar-refractivity contribution in [3.8, 4) is 0 Å². The molecule has 0 aromatic rings. The lowest BCUT2D eigenvalue weighted by molar-refractivity contribution is -0.136. The molecular formula is C39H78O2S. The Hall–Kier alpha value is -0.440. The highest BCUT2D eigenvalue weighted by Gasteiger charge is 1.98. The second-order valence-corrected chi connectivity index (χ2v) is 14.0. The average Bonchev–Trinajstić information content (AvgIpc) is 2.98. The normalized spacial score (nSPS) is 10.9. The van der Waals surface area contributed by atoms with E-state index in [1.165, 1.54) is 199 Å². The van der Waals surface area contributed by atoms with E-state index in [9.17, 15) is 4.79 Å². The van der Waals surface area contributed by atoms with Crippen LogP contribution in [0.5, 0.6) is 0 Å². The summed E-state index contributed by atoms with van der Waals surface area (Å²) in [5.41, 5.74) is 0. The predicted molar refractivity (Wildman–Crippen MR) is 194 cm³/mol. The van der Waals surface area contributed by atoms with Crippen LogP contribution in [0, 0.1) is 0 Å². The molecule has 0 amide bonds. The zero-order valence-corrected chi connectivity index (χ0v) is 29.9. The summed E-state index contributed by atoms with van der Waals surface area (Å²) < 4.78 is 0. The Balaban J connectivity index is 0. The minimum Gasteiger partial charge on any atom is -0.481 e. The van der Waals surface area contributed by atoms with Crippen LogP contribution < -0.4 is 0 Å². The first-order chi connectivity index (χ1) is 20.7. The molecule has 0 aromatic heterocycles. The summed E-state index contributed by atoms with van der Waals surface area (Å²) in [5, 5.41) is 8.54. The smallest absolute Gasteiger partial charge is 0.304 e. The van der Waals surface area contributed by atoms with E-state index in [1.807, 2.05) is 6.08 Å². The summed E-state index contributed by atoms with van der Waals surface area (Å²) in [6, 6.07) is 0. The van der Waals surface area contributed by atoms with Crippen molar-refractivity contribution in [2.45, 2.75) is 219 Å². The number of unbranched alkanes of at least 4 members (excludes halogenated alkanes) is 29. The van der Waals surface area contributed by atoms with Crippen LogP contribution in [0.2, 0.25) is 0 Å². The Labute approximate surface area is 270 Å². The summed E-state index contributed by atoms with van der Waals surface area (Å²) in [5.74, 6) is 1.23. The average molecular weight is 611 g/mol. The van der Waals surface area contributed by atoms with Crippen molar-refractivity contribution in [3.05, 3.63) is 12.7 Å². The van der Waals surface area contributed by atoms with Crippen LogP contribution in [0.25, 0.3) is 0 Å². The fourth-order valence-electron chi connectivity index (χ4n) is 5.50. The van der Waals surface area contributed by atoms with Crippen molar-refractivity contribution in [3.63, 3.8) is 0 Å². The van der Waals surface area contributed by atoms with Crippen molar-refractivity contribution in [2.24, 2.45) is 0 Å². The number of rotatable bonds is 35. The van der Waals surface area contributed by atoms with Gasteiger partial charge in [-0.2, -0.15) is 11.8 Å². The summed E-state index contributed by atoms with van der Waals surface area (Å²) in [6.07, 6.45) is 46.2. The molecule has 0 unspecified atom stereocenters. The second-order valence-electron chi connectivity index (χ2n) is 12.7. The van der Waals surface area contributed by atoms with E-state index in [2.05, 4.69) is 20.4 Å². The molecule has 0 heterocycles. The molecule has 0 saturated carbocycles. The minimum absolute atomic E-state index is 0.309. The molecule has 252 valence electrons. The number of thioether (sulfide) groups is 1. The maximum Gasteiger partial charge on any atom is 0.304 e. The molecule has 1 N–H and O–H groups in total. The zero-order valence-electron chi connectivity index (χ0n) is 29.1. The van der Waals surface area contributed by atoms with E-state index in [0.29, 0.717) is 6.42 Å². The van der Waals surface area contributed by atoms with Gasteiger partial charge in [0, 0.05) is 5.75 Å². The van der Waals surface area contributed by atoms with E-state index in [1.54, 1.807) is 11.8 Å². The number of aliphatic carboxylic acids is 1. The molecule has 0 atom stereocenters. The molecule has 2 nitrogen and oxygen atoms in total. The van der Waals surface area contributed by atoms with Gasteiger partial charge in [0.25, 0.3) is 0 Å². The molecule has 0 aliphatic rings. The van der Waals surface area contributed by atoms with Gasteiger partial charge in [0.2, 0.25) is 0 Å². The van der Waals surface area contributed by atoms with Crippen molar-refractivity contribution >= 4 is 17.7 Å². The van der Waals surface area contributed by atoms with E-state index in [4.69, 9.17) is 5.11 Å². The molecule has 0 rings (SSSR count). The van der Waals surface area contributed by atoms with Gasteiger partial charge < -0.3 is 5.11 Å². The maximum absolute atomic E-state index is 10.4. The number of hydrogen-bond donors (Lipinski definition) is 1. The van der Waals surface area contributed by atoms with E-state index in [-0.39, 0.29) is 0 Å². The first kappa shape index (κ1) is 43.7. The number of allylic oxidation sites excluding steroid dienone is 1. The van der Waals surface area contributed by atoms with Crippen LogP contribution in [-0.2, 0) is 4.79 Å². The van der Waals surface area contributed by atoms with Crippen molar-refractivity contribution < 1.29 is 9.90 Å². The van der Waals surface area contributed by atoms with E-state index < -0.39 is 5.97 Å². The lowest BCUT2D eigenvalue weighted by Gasteiger charge is -2.03. The SMILES string of the molecule is C=CCCCCCCCCCCCCCCCC.CCCCCCCCCCCCCCCCCCSCCC(=O)O. The van der Waals surface area contributed by atoms with E-state index >= 15 is 0 Å². The van der Waals surface area contributed by atoms with Crippen molar-refractivity contribution in [2.75, 3.05) is 11.5 Å². The van der Waals surface area contributed by atoms with Gasteiger partial charge in [0.15, 0.2) is 0 Å². The zero-order chi connectivity index (χ0) is 31.0. The van der Waals surface area contributed by atoms with Crippen LogP contribution in [-0.4, -0.2) is 22.6 Å². The third kappa shape index (κ3) is 46.5. The summed E-state index contributed by atoms with van der Waals surface area (Å²) >= 11 is 1.79. The number of carboxylic acid groups (broad SMARTS) is 1. The molecule has 42 heavy (non-hydrogen) atoms. The third-order valence-corrected chi connectivity index (χ3v) is 9.43. The molecule has 0 spiro atoms. The Morgan fingerprint density at radius 2 is 0.762 bits per heavy atom. The van der Waals surface area contributed by atoms with Gasteiger partial charge in [0.05, 0.1) is 6.42 Å². The maximum atomic E-state index is 10.4. The molecule has 0 aliphatic heterocycles. The quantitative estimate of drug-likeness (QED) is 0.0573. The highest BCUT2D eigenvalue weighted by Crippen LogP contribution is 2.15. The Bertz CT molecular complexity index is 493. The van der Waals surface area contributed by atoms with Crippen LogP contribution in [0.3, 0.4) is 0 Å². The first-order valence-electron chi connectivity index (χ1n) is 19.1. The Morgan fingerprint density at radius 1 is 0.476 bits per heavy atom. The number of hydrogen-bond acceptors (Lipinski definition) is 2. The molecule has 0 saturated heterocycles. The molecular weight excluding hydrogens is 532 g/mol. The van der Waals surface area contributed by atoms with Crippen LogP contribution in [0.4, 0.5) is 0 Å². The monoisotopic (exact) mass is 611 g/mol. The lowest BCUT2D eigenvalue weighted by atomic mass is 10.0. The summed E-state index contributed by atoms with van der Waals surface area (Å²) in [6.45, 7) is 8.33. The fourth-order valence-corrected chi connectivity index (χ4v) is 6.43. The molecule has 0 aliphatic carbocycles. The van der Waals surface area contributed by atoms with Crippen LogP contribution >= 0.6 is 11.8 Å². The predicted octanol–water partition coefficient (Wildman–Crippen LogP) is 14.5. The highest BCUT2D eigenvalue weighted by atomic mass is 32.2.